The van der Waals surface area contributed by atoms with Crippen LogP contribution in [0.25, 0.3) is 0 Å². The minimum atomic E-state index is -0.117. The second-order valence-corrected chi connectivity index (χ2v) is 4.39. The molecule has 0 radical (unpaired) electrons. The smallest absolute Gasteiger partial charge is 0.289 e. The Bertz CT molecular complexity index is 422. The predicted octanol–water partition coefficient (Wildman–Crippen LogP) is 0.600. The number of hydrogen-bond acceptors (Lipinski definition) is 4. The van der Waals surface area contributed by atoms with Crippen molar-refractivity contribution in [3.05, 3.63) is 24.2 Å². The molecule has 104 valence electrons. The maximum Gasteiger partial charge on any atom is 0.289 e. The highest BCUT2D eigenvalue weighted by Gasteiger charge is 2.25. The number of nitrogens with zero attached hydrogens (tertiary/aromatic N) is 2. The molecular weight excluding hydrogens is 248 g/mol. The molecule has 6 nitrogen and oxygen atoms in total. The fourth-order valence-electron chi connectivity index (χ4n) is 2.06. The predicted molar refractivity (Wildman–Crippen MR) is 67.7 cm³/mol. The van der Waals surface area contributed by atoms with Crippen LogP contribution in [0.1, 0.15) is 17.0 Å². The highest BCUT2D eigenvalue weighted by molar-refractivity contribution is 5.91. The first kappa shape index (κ1) is 13.6. The first-order valence-corrected chi connectivity index (χ1v) is 6.32. The number of ether oxygens (including phenoxy) is 1. The maximum absolute atomic E-state index is 12.0. The Hall–Kier alpha value is -1.82. The Morgan fingerprint density at radius 3 is 2.53 bits per heavy atom. The van der Waals surface area contributed by atoms with Crippen molar-refractivity contribution in [3.8, 4) is 0 Å². The Balaban J connectivity index is 1.82. The van der Waals surface area contributed by atoms with Gasteiger partial charge in [0, 0.05) is 33.3 Å². The van der Waals surface area contributed by atoms with Crippen LogP contribution < -0.4 is 0 Å². The van der Waals surface area contributed by atoms with Gasteiger partial charge in [0.15, 0.2) is 5.76 Å². The average molecular weight is 266 g/mol. The van der Waals surface area contributed by atoms with E-state index in [9.17, 15) is 9.59 Å². The maximum atomic E-state index is 12.0. The van der Waals surface area contributed by atoms with Crippen molar-refractivity contribution in [2.75, 3.05) is 39.9 Å². The minimum absolute atomic E-state index is 0.0759. The van der Waals surface area contributed by atoms with E-state index >= 15 is 0 Å². The highest BCUT2D eigenvalue weighted by atomic mass is 16.5. The Kier molecular flexibility index (Phi) is 4.57. The molecule has 1 saturated heterocycles. The van der Waals surface area contributed by atoms with Gasteiger partial charge in [-0.15, -0.1) is 0 Å². The molecule has 0 unspecified atom stereocenters. The van der Waals surface area contributed by atoms with Crippen LogP contribution in [-0.2, 0) is 9.53 Å². The van der Waals surface area contributed by atoms with Gasteiger partial charge < -0.3 is 19.0 Å². The van der Waals surface area contributed by atoms with E-state index in [0.717, 1.165) is 0 Å². The quantitative estimate of drug-likeness (QED) is 0.800. The summed E-state index contributed by atoms with van der Waals surface area (Å²) in [6.07, 6.45) is 1.88. The summed E-state index contributed by atoms with van der Waals surface area (Å²) in [7, 11) is 1.58. The van der Waals surface area contributed by atoms with Gasteiger partial charge in [0.1, 0.15) is 0 Å². The monoisotopic (exact) mass is 266 g/mol. The molecule has 2 heterocycles. The van der Waals surface area contributed by atoms with E-state index in [1.807, 2.05) is 0 Å². The fraction of sp³-hybridized carbons (Fsp3) is 0.538. The van der Waals surface area contributed by atoms with Crippen LogP contribution in [0.4, 0.5) is 0 Å². The lowest BCUT2D eigenvalue weighted by Crippen LogP contribution is -2.50. The van der Waals surface area contributed by atoms with Crippen molar-refractivity contribution in [3.63, 3.8) is 0 Å². The summed E-state index contributed by atoms with van der Waals surface area (Å²) in [5.74, 6) is 0.306. The first-order chi connectivity index (χ1) is 9.22. The van der Waals surface area contributed by atoms with Gasteiger partial charge in [0.25, 0.3) is 5.91 Å². The minimum Gasteiger partial charge on any atom is -0.459 e. The van der Waals surface area contributed by atoms with Gasteiger partial charge in [-0.1, -0.05) is 0 Å². The van der Waals surface area contributed by atoms with Crippen LogP contribution in [0.2, 0.25) is 0 Å². The molecule has 0 atom stereocenters. The van der Waals surface area contributed by atoms with E-state index < -0.39 is 0 Å². The molecular formula is C13H18N2O4. The van der Waals surface area contributed by atoms with Crippen LogP contribution in [0.5, 0.6) is 0 Å². The molecule has 1 aliphatic rings. The molecule has 2 rings (SSSR count). The van der Waals surface area contributed by atoms with Crippen molar-refractivity contribution >= 4 is 11.8 Å². The summed E-state index contributed by atoms with van der Waals surface area (Å²) in [6, 6.07) is 3.34. The summed E-state index contributed by atoms with van der Waals surface area (Å²) in [5, 5.41) is 0. The van der Waals surface area contributed by atoms with E-state index in [1.165, 1.54) is 6.26 Å². The van der Waals surface area contributed by atoms with E-state index in [4.69, 9.17) is 9.15 Å². The summed E-state index contributed by atoms with van der Waals surface area (Å²) in [6.45, 7) is 2.64. The van der Waals surface area contributed by atoms with Crippen LogP contribution >= 0.6 is 0 Å². The zero-order valence-electron chi connectivity index (χ0n) is 11.0. The topological polar surface area (TPSA) is 63.0 Å². The molecule has 0 aliphatic carbocycles. The van der Waals surface area contributed by atoms with Crippen LogP contribution in [-0.4, -0.2) is 61.5 Å². The molecule has 0 bridgehead atoms. The number of carbonyl (C=O) groups is 2. The molecule has 6 heteroatoms. The lowest BCUT2D eigenvalue weighted by molar-refractivity contribution is -0.133. The van der Waals surface area contributed by atoms with Crippen LogP contribution in [0.3, 0.4) is 0 Å². The second-order valence-electron chi connectivity index (χ2n) is 4.39. The van der Waals surface area contributed by atoms with E-state index in [2.05, 4.69) is 0 Å². The van der Waals surface area contributed by atoms with Crippen molar-refractivity contribution in [2.24, 2.45) is 0 Å². The zero-order chi connectivity index (χ0) is 13.7. The highest BCUT2D eigenvalue weighted by Crippen LogP contribution is 2.10. The van der Waals surface area contributed by atoms with Gasteiger partial charge in [-0.2, -0.15) is 0 Å². The zero-order valence-corrected chi connectivity index (χ0v) is 11.0. The van der Waals surface area contributed by atoms with Gasteiger partial charge in [0.05, 0.1) is 19.3 Å². The number of rotatable bonds is 4. The van der Waals surface area contributed by atoms with Gasteiger partial charge >= 0.3 is 0 Å². The summed E-state index contributed by atoms with van der Waals surface area (Å²) in [5.41, 5.74) is 0. The number of methoxy groups -OCH3 is 1. The van der Waals surface area contributed by atoms with E-state index in [-0.39, 0.29) is 11.8 Å². The number of carbonyl (C=O) groups excluding carboxylic acids is 2. The Morgan fingerprint density at radius 1 is 1.26 bits per heavy atom. The lowest BCUT2D eigenvalue weighted by Gasteiger charge is -2.34. The summed E-state index contributed by atoms with van der Waals surface area (Å²) >= 11 is 0. The number of hydrogen-bond donors (Lipinski definition) is 0. The van der Waals surface area contributed by atoms with Crippen molar-refractivity contribution < 1.29 is 18.7 Å². The molecule has 1 fully saturated rings. The van der Waals surface area contributed by atoms with Crippen LogP contribution in [0, 0.1) is 0 Å². The van der Waals surface area contributed by atoms with Gasteiger partial charge in [0.2, 0.25) is 5.91 Å². The molecule has 0 saturated carbocycles. The van der Waals surface area contributed by atoms with Crippen molar-refractivity contribution in [2.45, 2.75) is 6.42 Å². The molecule has 2 amide bonds. The molecule has 1 aromatic heterocycles. The number of piperazine rings is 1. The SMILES string of the molecule is COCCC(=O)N1CCN(C(=O)c2ccco2)CC1. The van der Waals surface area contributed by atoms with E-state index in [1.54, 1.807) is 29.0 Å². The lowest BCUT2D eigenvalue weighted by atomic mass is 10.2. The molecule has 0 spiro atoms. The Labute approximate surface area is 111 Å². The van der Waals surface area contributed by atoms with Gasteiger partial charge in [-0.3, -0.25) is 9.59 Å². The third-order valence-electron chi connectivity index (χ3n) is 3.17. The second kappa shape index (κ2) is 6.38. The fourth-order valence-corrected chi connectivity index (χ4v) is 2.06. The van der Waals surface area contributed by atoms with Gasteiger partial charge in [-0.25, -0.2) is 0 Å². The van der Waals surface area contributed by atoms with Gasteiger partial charge in [-0.05, 0) is 12.1 Å². The molecule has 1 aliphatic heterocycles. The standard InChI is InChI=1S/C13H18N2O4/c1-18-10-4-12(16)14-5-7-15(8-6-14)13(17)11-3-2-9-19-11/h2-3,9H,4-8,10H2,1H3. The number of furan rings is 1. The van der Waals surface area contributed by atoms with E-state index in [0.29, 0.717) is 45.0 Å². The molecule has 1 aromatic rings. The molecule has 0 N–H and O–H groups in total. The summed E-state index contributed by atoms with van der Waals surface area (Å²) in [4.78, 5) is 27.3. The van der Waals surface area contributed by atoms with Crippen LogP contribution in [0.15, 0.2) is 22.8 Å². The Morgan fingerprint density at radius 2 is 1.95 bits per heavy atom. The average Bonchev–Trinajstić information content (AvgIpc) is 2.98. The number of amides is 2. The largest absolute Gasteiger partial charge is 0.459 e. The van der Waals surface area contributed by atoms with Crippen molar-refractivity contribution in [1.82, 2.24) is 9.80 Å². The third kappa shape index (κ3) is 3.35. The normalized spacial score (nSPS) is 15.6. The first-order valence-electron chi connectivity index (χ1n) is 6.32. The summed E-state index contributed by atoms with van der Waals surface area (Å²) < 4.78 is 9.97. The van der Waals surface area contributed by atoms with Crippen molar-refractivity contribution in [1.29, 1.82) is 0 Å². The molecule has 19 heavy (non-hydrogen) atoms. The molecule has 0 aromatic carbocycles. The third-order valence-corrected chi connectivity index (χ3v) is 3.17.